The number of nitrogens with zero attached hydrogens (tertiary/aromatic N) is 3. The van der Waals surface area contributed by atoms with Crippen molar-refractivity contribution in [3.05, 3.63) is 16.1 Å². The summed E-state index contributed by atoms with van der Waals surface area (Å²) in [5.41, 5.74) is 5.98. The second-order valence-electron chi connectivity index (χ2n) is 4.82. The molecular formula is C13H20N4O2S. The number of hydrogen-bond acceptors (Lipinski definition) is 5. The van der Waals surface area contributed by atoms with Crippen molar-refractivity contribution in [1.82, 2.24) is 14.8 Å². The van der Waals surface area contributed by atoms with Crippen molar-refractivity contribution in [3.8, 4) is 0 Å². The summed E-state index contributed by atoms with van der Waals surface area (Å²) < 4.78 is 0. The van der Waals surface area contributed by atoms with Gasteiger partial charge < -0.3 is 15.5 Å². The van der Waals surface area contributed by atoms with Gasteiger partial charge in [0.1, 0.15) is 5.69 Å². The number of rotatable bonds is 3. The summed E-state index contributed by atoms with van der Waals surface area (Å²) >= 11 is 1.47. The number of carbonyl (C=O) groups is 2. The molecule has 1 aliphatic heterocycles. The fourth-order valence-corrected chi connectivity index (χ4v) is 3.03. The Morgan fingerprint density at radius 2 is 2.00 bits per heavy atom. The summed E-state index contributed by atoms with van der Waals surface area (Å²) in [6, 6.07) is 0. The van der Waals surface area contributed by atoms with E-state index in [4.69, 9.17) is 5.73 Å². The lowest BCUT2D eigenvalue weighted by atomic mass is 10.3. The lowest BCUT2D eigenvalue weighted by Gasteiger charge is -2.20. The highest BCUT2D eigenvalue weighted by Crippen LogP contribution is 2.14. The number of nitrogens with two attached hydrogens (primary N) is 1. The van der Waals surface area contributed by atoms with Gasteiger partial charge in [0.2, 0.25) is 5.91 Å². The molecule has 0 atom stereocenters. The third-order valence-electron chi connectivity index (χ3n) is 3.36. The molecule has 1 aromatic rings. The third kappa shape index (κ3) is 3.55. The Bertz CT molecular complexity index is 488. The maximum Gasteiger partial charge on any atom is 0.273 e. The average Bonchev–Trinajstić information content (AvgIpc) is 2.74. The molecule has 2 amide bonds. The van der Waals surface area contributed by atoms with Crippen LogP contribution in [-0.4, -0.2) is 59.3 Å². The van der Waals surface area contributed by atoms with Gasteiger partial charge in [-0.2, -0.15) is 0 Å². The summed E-state index contributed by atoms with van der Waals surface area (Å²) in [5.74, 6) is 0.0214. The van der Waals surface area contributed by atoms with Gasteiger partial charge in [-0.1, -0.05) is 0 Å². The van der Waals surface area contributed by atoms with E-state index in [0.717, 1.165) is 11.4 Å². The molecule has 0 aromatic carbocycles. The first-order valence-electron chi connectivity index (χ1n) is 6.81. The van der Waals surface area contributed by atoms with Gasteiger partial charge in [-0.15, -0.1) is 11.3 Å². The Morgan fingerprint density at radius 3 is 2.70 bits per heavy atom. The largest absolute Gasteiger partial charge is 0.341 e. The lowest BCUT2D eigenvalue weighted by Crippen LogP contribution is -2.36. The first-order chi connectivity index (χ1) is 9.61. The summed E-state index contributed by atoms with van der Waals surface area (Å²) in [6.07, 6.45) is 1.52. The summed E-state index contributed by atoms with van der Waals surface area (Å²) in [6.45, 7) is 4.67. The van der Waals surface area contributed by atoms with Crippen LogP contribution in [-0.2, 0) is 11.2 Å². The van der Waals surface area contributed by atoms with Crippen molar-refractivity contribution in [2.75, 3.05) is 32.7 Å². The Labute approximate surface area is 122 Å². The zero-order valence-corrected chi connectivity index (χ0v) is 12.5. The van der Waals surface area contributed by atoms with Crippen LogP contribution in [0.15, 0.2) is 5.38 Å². The highest BCUT2D eigenvalue weighted by Gasteiger charge is 2.22. The first-order valence-corrected chi connectivity index (χ1v) is 7.69. The van der Waals surface area contributed by atoms with Crippen molar-refractivity contribution < 1.29 is 9.59 Å². The Balaban J connectivity index is 1.99. The number of thiazole rings is 1. The maximum absolute atomic E-state index is 12.4. The quantitative estimate of drug-likeness (QED) is 0.872. The average molecular weight is 296 g/mol. The lowest BCUT2D eigenvalue weighted by molar-refractivity contribution is -0.128. The molecule has 6 nitrogen and oxygen atoms in total. The zero-order chi connectivity index (χ0) is 14.5. The topological polar surface area (TPSA) is 79.5 Å². The van der Waals surface area contributed by atoms with E-state index in [1.165, 1.54) is 11.3 Å². The minimum atomic E-state index is -0.0464. The fourth-order valence-electron chi connectivity index (χ4n) is 2.24. The van der Waals surface area contributed by atoms with Gasteiger partial charge in [-0.05, 0) is 13.0 Å². The van der Waals surface area contributed by atoms with Crippen LogP contribution in [0.5, 0.6) is 0 Å². The molecule has 0 unspecified atom stereocenters. The number of carbonyl (C=O) groups excluding carboxylic acids is 2. The molecule has 1 aliphatic rings. The molecule has 1 saturated heterocycles. The van der Waals surface area contributed by atoms with Gasteiger partial charge in [0, 0.05) is 44.9 Å². The van der Waals surface area contributed by atoms with Gasteiger partial charge in [0.05, 0.1) is 5.01 Å². The van der Waals surface area contributed by atoms with Gasteiger partial charge >= 0.3 is 0 Å². The molecule has 1 fully saturated rings. The van der Waals surface area contributed by atoms with Crippen LogP contribution in [0.4, 0.5) is 0 Å². The van der Waals surface area contributed by atoms with E-state index in [-0.39, 0.29) is 11.8 Å². The summed E-state index contributed by atoms with van der Waals surface area (Å²) in [7, 11) is 0. The monoisotopic (exact) mass is 296 g/mol. The predicted molar refractivity (Wildman–Crippen MR) is 77.6 cm³/mol. The van der Waals surface area contributed by atoms with E-state index < -0.39 is 0 Å². The Kier molecular flexibility index (Phi) is 5.08. The molecule has 110 valence electrons. The SMILES string of the molecule is CC(=O)N1CCCN(C(=O)c2csc(CCN)n2)CC1. The maximum atomic E-state index is 12.4. The zero-order valence-electron chi connectivity index (χ0n) is 11.7. The molecule has 2 heterocycles. The van der Waals surface area contributed by atoms with Crippen molar-refractivity contribution >= 4 is 23.2 Å². The van der Waals surface area contributed by atoms with Crippen LogP contribution in [0, 0.1) is 0 Å². The van der Waals surface area contributed by atoms with Crippen LogP contribution >= 0.6 is 11.3 Å². The molecule has 0 radical (unpaired) electrons. The van der Waals surface area contributed by atoms with E-state index in [2.05, 4.69) is 4.98 Å². The number of aromatic nitrogens is 1. The van der Waals surface area contributed by atoms with Crippen molar-refractivity contribution in [2.45, 2.75) is 19.8 Å². The molecule has 0 bridgehead atoms. The Morgan fingerprint density at radius 1 is 1.30 bits per heavy atom. The molecule has 2 rings (SSSR count). The van der Waals surface area contributed by atoms with E-state index in [1.54, 1.807) is 22.1 Å². The van der Waals surface area contributed by atoms with E-state index in [1.807, 2.05) is 0 Å². The second kappa shape index (κ2) is 6.81. The summed E-state index contributed by atoms with van der Waals surface area (Å²) in [4.78, 5) is 31.6. The van der Waals surface area contributed by atoms with Crippen molar-refractivity contribution in [1.29, 1.82) is 0 Å². The molecular weight excluding hydrogens is 276 g/mol. The van der Waals surface area contributed by atoms with Gasteiger partial charge in [-0.25, -0.2) is 4.98 Å². The van der Waals surface area contributed by atoms with E-state index >= 15 is 0 Å². The van der Waals surface area contributed by atoms with Crippen molar-refractivity contribution in [2.24, 2.45) is 5.73 Å². The summed E-state index contributed by atoms with van der Waals surface area (Å²) in [5, 5.41) is 2.69. The molecule has 20 heavy (non-hydrogen) atoms. The Hall–Kier alpha value is -1.47. The van der Waals surface area contributed by atoms with Gasteiger partial charge in [0.15, 0.2) is 0 Å². The van der Waals surface area contributed by atoms with Crippen molar-refractivity contribution in [3.63, 3.8) is 0 Å². The van der Waals surface area contributed by atoms with Gasteiger partial charge in [-0.3, -0.25) is 9.59 Å². The first kappa shape index (κ1) is 14.9. The van der Waals surface area contributed by atoms with Crippen LogP contribution < -0.4 is 5.73 Å². The number of hydrogen-bond donors (Lipinski definition) is 1. The molecule has 2 N–H and O–H groups in total. The van der Waals surface area contributed by atoms with Crippen LogP contribution in [0.25, 0.3) is 0 Å². The smallest absolute Gasteiger partial charge is 0.273 e. The van der Waals surface area contributed by atoms with E-state index in [0.29, 0.717) is 44.8 Å². The van der Waals surface area contributed by atoms with Crippen LogP contribution in [0.3, 0.4) is 0 Å². The minimum absolute atomic E-state index is 0.0464. The molecule has 1 aromatic heterocycles. The van der Waals surface area contributed by atoms with Crippen LogP contribution in [0.1, 0.15) is 28.8 Å². The highest BCUT2D eigenvalue weighted by molar-refractivity contribution is 7.09. The minimum Gasteiger partial charge on any atom is -0.341 e. The van der Waals surface area contributed by atoms with E-state index in [9.17, 15) is 9.59 Å². The predicted octanol–water partition coefficient (Wildman–Crippen LogP) is 0.339. The molecule has 7 heteroatoms. The molecule has 0 saturated carbocycles. The van der Waals surface area contributed by atoms with Gasteiger partial charge in [0.25, 0.3) is 5.91 Å². The molecule has 0 aliphatic carbocycles. The second-order valence-corrected chi connectivity index (χ2v) is 5.76. The normalized spacial score (nSPS) is 16.1. The highest BCUT2D eigenvalue weighted by atomic mass is 32.1. The standard InChI is InChI=1S/C13H20N4O2S/c1-10(18)16-5-2-6-17(8-7-16)13(19)11-9-20-12(15-11)3-4-14/h9H,2-8,14H2,1H3. The number of amides is 2. The fraction of sp³-hybridized carbons (Fsp3) is 0.615. The molecule has 0 spiro atoms. The third-order valence-corrected chi connectivity index (χ3v) is 4.27. The van der Waals surface area contributed by atoms with Crippen LogP contribution in [0.2, 0.25) is 0 Å².